The van der Waals surface area contributed by atoms with Gasteiger partial charge in [-0.25, -0.2) is 4.79 Å². The zero-order chi connectivity index (χ0) is 13.8. The average molecular weight is 284 g/mol. The predicted octanol–water partition coefficient (Wildman–Crippen LogP) is 1.40. The van der Waals surface area contributed by atoms with E-state index in [1.165, 1.54) is 4.90 Å². The largest absolute Gasteiger partial charge is 0.445 e. The van der Waals surface area contributed by atoms with Gasteiger partial charge in [0.25, 0.3) is 0 Å². The SMILES string of the molecule is CCN(CCO)C(=O)Nc1nnc(C(F)(F)F)s1. The van der Waals surface area contributed by atoms with Gasteiger partial charge in [0.1, 0.15) is 0 Å². The number of aromatic nitrogens is 2. The van der Waals surface area contributed by atoms with Crippen molar-refractivity contribution in [3.8, 4) is 0 Å². The maximum Gasteiger partial charge on any atom is 0.445 e. The molecule has 0 unspecified atom stereocenters. The molecule has 6 nitrogen and oxygen atoms in total. The quantitative estimate of drug-likeness (QED) is 0.876. The molecule has 18 heavy (non-hydrogen) atoms. The number of halogens is 3. The highest BCUT2D eigenvalue weighted by molar-refractivity contribution is 7.15. The van der Waals surface area contributed by atoms with Crippen LogP contribution < -0.4 is 5.32 Å². The second-order valence-electron chi connectivity index (χ2n) is 3.14. The summed E-state index contributed by atoms with van der Waals surface area (Å²) in [5, 5.41) is 15.7. The van der Waals surface area contributed by atoms with Gasteiger partial charge in [-0.15, -0.1) is 10.2 Å². The lowest BCUT2D eigenvalue weighted by atomic mass is 10.5. The summed E-state index contributed by atoms with van der Waals surface area (Å²) >= 11 is 0.246. The Balaban J connectivity index is 2.67. The van der Waals surface area contributed by atoms with Crippen LogP contribution in [0.5, 0.6) is 0 Å². The van der Waals surface area contributed by atoms with Gasteiger partial charge in [-0.3, -0.25) is 5.32 Å². The molecular weight excluding hydrogens is 273 g/mol. The van der Waals surface area contributed by atoms with Crippen LogP contribution in [0.3, 0.4) is 0 Å². The highest BCUT2D eigenvalue weighted by Gasteiger charge is 2.35. The number of nitrogens with one attached hydrogen (secondary N) is 1. The van der Waals surface area contributed by atoms with Gasteiger partial charge in [-0.1, -0.05) is 11.3 Å². The summed E-state index contributed by atoms with van der Waals surface area (Å²) in [6, 6.07) is -0.628. The minimum absolute atomic E-state index is 0.0905. The Bertz CT molecular complexity index is 409. The van der Waals surface area contributed by atoms with Crippen LogP contribution in [-0.4, -0.2) is 45.9 Å². The third kappa shape index (κ3) is 3.81. The zero-order valence-corrected chi connectivity index (χ0v) is 10.2. The first-order valence-corrected chi connectivity index (χ1v) is 5.77. The minimum atomic E-state index is -4.57. The van der Waals surface area contributed by atoms with E-state index in [2.05, 4.69) is 15.5 Å². The smallest absolute Gasteiger partial charge is 0.395 e. The second-order valence-corrected chi connectivity index (χ2v) is 4.12. The Kier molecular flexibility index (Phi) is 4.84. The van der Waals surface area contributed by atoms with Gasteiger partial charge in [0.05, 0.1) is 6.61 Å². The van der Waals surface area contributed by atoms with E-state index in [0.29, 0.717) is 6.54 Å². The van der Waals surface area contributed by atoms with E-state index in [9.17, 15) is 18.0 Å². The Labute approximate surface area is 104 Å². The van der Waals surface area contributed by atoms with Gasteiger partial charge in [0.15, 0.2) is 0 Å². The first-order chi connectivity index (χ1) is 8.38. The van der Waals surface area contributed by atoms with Crippen molar-refractivity contribution >= 4 is 22.5 Å². The highest BCUT2D eigenvalue weighted by atomic mass is 32.1. The van der Waals surface area contributed by atoms with E-state index in [4.69, 9.17) is 5.11 Å². The summed E-state index contributed by atoms with van der Waals surface area (Å²) in [5.74, 6) is 0. The monoisotopic (exact) mass is 284 g/mol. The first-order valence-electron chi connectivity index (χ1n) is 4.96. The number of likely N-dealkylation sites (N-methyl/N-ethyl adjacent to an activating group) is 1. The number of alkyl halides is 3. The number of hydrogen-bond donors (Lipinski definition) is 2. The molecule has 0 spiro atoms. The number of nitrogens with zero attached hydrogens (tertiary/aromatic N) is 3. The molecule has 0 aliphatic heterocycles. The molecule has 0 bridgehead atoms. The van der Waals surface area contributed by atoms with Crippen molar-refractivity contribution in [3.05, 3.63) is 5.01 Å². The lowest BCUT2D eigenvalue weighted by Crippen LogP contribution is -2.36. The van der Waals surface area contributed by atoms with Gasteiger partial charge in [-0.2, -0.15) is 13.2 Å². The number of urea groups is 1. The summed E-state index contributed by atoms with van der Waals surface area (Å²) in [5.41, 5.74) is 0. The molecule has 1 aromatic heterocycles. The third-order valence-electron chi connectivity index (χ3n) is 1.92. The fourth-order valence-corrected chi connectivity index (χ4v) is 1.68. The van der Waals surface area contributed by atoms with Crippen LogP contribution >= 0.6 is 11.3 Å². The van der Waals surface area contributed by atoms with Gasteiger partial charge < -0.3 is 10.0 Å². The predicted molar refractivity (Wildman–Crippen MR) is 58.3 cm³/mol. The number of aliphatic hydroxyl groups excluding tert-OH is 1. The molecule has 10 heteroatoms. The molecule has 0 aromatic carbocycles. The number of anilines is 1. The van der Waals surface area contributed by atoms with Crippen LogP contribution in [0.1, 0.15) is 11.9 Å². The van der Waals surface area contributed by atoms with Gasteiger partial charge in [0, 0.05) is 13.1 Å². The maximum absolute atomic E-state index is 12.2. The van der Waals surface area contributed by atoms with Crippen LogP contribution in [0.15, 0.2) is 0 Å². The molecule has 1 aromatic rings. The normalized spacial score (nSPS) is 11.4. The number of carbonyl (C=O) groups is 1. The van der Waals surface area contributed by atoms with Crippen molar-refractivity contribution < 1.29 is 23.1 Å². The number of amides is 2. The van der Waals surface area contributed by atoms with Crippen LogP contribution in [0.25, 0.3) is 0 Å². The fourth-order valence-electron chi connectivity index (χ4n) is 1.08. The molecule has 0 saturated carbocycles. The summed E-state index contributed by atoms with van der Waals surface area (Å²) < 4.78 is 36.7. The van der Waals surface area contributed by atoms with E-state index in [0.717, 1.165) is 0 Å². The number of hydrogen-bond acceptors (Lipinski definition) is 5. The molecular formula is C8H11F3N4O2S. The topological polar surface area (TPSA) is 78.4 Å². The summed E-state index contributed by atoms with van der Waals surface area (Å²) in [4.78, 5) is 12.8. The standard InChI is InChI=1S/C8H11F3N4O2S/c1-2-15(3-4-16)7(17)12-6-14-13-5(18-6)8(9,10)11/h16H,2-4H2,1H3,(H,12,14,17). The van der Waals surface area contributed by atoms with Crippen molar-refractivity contribution in [2.45, 2.75) is 13.1 Å². The average Bonchev–Trinajstić information content (AvgIpc) is 2.73. The second kappa shape index (κ2) is 5.96. The first kappa shape index (κ1) is 14.6. The maximum atomic E-state index is 12.2. The molecule has 1 heterocycles. The van der Waals surface area contributed by atoms with E-state index in [-0.39, 0.29) is 29.6 Å². The van der Waals surface area contributed by atoms with E-state index < -0.39 is 17.2 Å². The molecule has 0 aliphatic rings. The summed E-state index contributed by atoms with van der Waals surface area (Å²) in [7, 11) is 0. The molecule has 0 radical (unpaired) electrons. The third-order valence-corrected chi connectivity index (χ3v) is 2.80. The zero-order valence-electron chi connectivity index (χ0n) is 9.36. The number of aliphatic hydroxyl groups is 1. The molecule has 0 fully saturated rings. The van der Waals surface area contributed by atoms with Crippen molar-refractivity contribution in [2.24, 2.45) is 0 Å². The molecule has 0 saturated heterocycles. The molecule has 2 N–H and O–H groups in total. The lowest BCUT2D eigenvalue weighted by Gasteiger charge is -2.18. The Hall–Kier alpha value is -1.42. The van der Waals surface area contributed by atoms with Crippen LogP contribution in [0.2, 0.25) is 0 Å². The van der Waals surface area contributed by atoms with Crippen LogP contribution in [0, 0.1) is 0 Å². The Morgan fingerprint density at radius 3 is 2.61 bits per heavy atom. The van der Waals surface area contributed by atoms with Gasteiger partial charge >= 0.3 is 12.2 Å². The Morgan fingerprint density at radius 1 is 1.50 bits per heavy atom. The van der Waals surface area contributed by atoms with Crippen molar-refractivity contribution in [3.63, 3.8) is 0 Å². The molecule has 2 amide bonds. The molecule has 0 aliphatic carbocycles. The number of carbonyl (C=O) groups excluding carboxylic acids is 1. The van der Waals surface area contributed by atoms with Gasteiger partial charge in [-0.05, 0) is 6.92 Å². The van der Waals surface area contributed by atoms with E-state index >= 15 is 0 Å². The summed E-state index contributed by atoms with van der Waals surface area (Å²) in [6.45, 7) is 1.85. The Morgan fingerprint density at radius 2 is 2.17 bits per heavy atom. The van der Waals surface area contributed by atoms with Crippen molar-refractivity contribution in [1.29, 1.82) is 0 Å². The molecule has 102 valence electrons. The summed E-state index contributed by atoms with van der Waals surface area (Å²) in [6.07, 6.45) is -4.57. The van der Waals surface area contributed by atoms with Crippen molar-refractivity contribution in [2.75, 3.05) is 25.0 Å². The van der Waals surface area contributed by atoms with Crippen LogP contribution in [-0.2, 0) is 6.18 Å². The minimum Gasteiger partial charge on any atom is -0.395 e. The fraction of sp³-hybridized carbons (Fsp3) is 0.625. The highest BCUT2D eigenvalue weighted by Crippen LogP contribution is 2.32. The lowest BCUT2D eigenvalue weighted by molar-refractivity contribution is -0.138. The van der Waals surface area contributed by atoms with E-state index in [1.54, 1.807) is 6.92 Å². The van der Waals surface area contributed by atoms with E-state index in [1.807, 2.05) is 0 Å². The molecule has 1 rings (SSSR count). The molecule has 0 atom stereocenters. The van der Waals surface area contributed by atoms with Gasteiger partial charge in [0.2, 0.25) is 10.1 Å². The van der Waals surface area contributed by atoms with Crippen LogP contribution in [0.4, 0.5) is 23.1 Å². The van der Waals surface area contributed by atoms with Crippen molar-refractivity contribution in [1.82, 2.24) is 15.1 Å². The number of rotatable bonds is 4.